The van der Waals surface area contributed by atoms with Gasteiger partial charge in [-0.05, 0) is 30.7 Å². The zero-order valence-electron chi connectivity index (χ0n) is 12.7. The van der Waals surface area contributed by atoms with Crippen LogP contribution in [0.25, 0.3) is 0 Å². The highest BCUT2D eigenvalue weighted by molar-refractivity contribution is 7.10. The minimum Gasteiger partial charge on any atom is -0.311 e. The lowest BCUT2D eigenvalue weighted by Crippen LogP contribution is -2.57. The third kappa shape index (κ3) is 3.59. The molecule has 0 spiro atoms. The summed E-state index contributed by atoms with van der Waals surface area (Å²) >= 11 is 1.91. The first-order valence-corrected chi connectivity index (χ1v) is 8.54. The fourth-order valence-electron chi connectivity index (χ4n) is 3.02. The summed E-state index contributed by atoms with van der Waals surface area (Å²) in [6.07, 6.45) is 2.53. The molecular formula is C16H28N2S. The van der Waals surface area contributed by atoms with Gasteiger partial charge in [0.2, 0.25) is 0 Å². The molecule has 3 atom stereocenters. The molecule has 2 heterocycles. The number of piperazine rings is 1. The molecule has 0 radical (unpaired) electrons. The zero-order chi connectivity index (χ0) is 13.8. The molecule has 1 aromatic heterocycles. The van der Waals surface area contributed by atoms with E-state index in [2.05, 4.69) is 55.4 Å². The van der Waals surface area contributed by atoms with E-state index in [1.165, 1.54) is 24.3 Å². The van der Waals surface area contributed by atoms with Crippen LogP contribution in [0.1, 0.15) is 51.5 Å². The number of thiophene rings is 1. The Bertz CT molecular complexity index is 361. The van der Waals surface area contributed by atoms with Crippen LogP contribution in [0.5, 0.6) is 0 Å². The molecule has 0 aliphatic carbocycles. The molecule has 3 unspecified atom stereocenters. The average molecular weight is 280 g/mol. The van der Waals surface area contributed by atoms with E-state index in [4.69, 9.17) is 0 Å². The van der Waals surface area contributed by atoms with Crippen molar-refractivity contribution >= 4 is 11.3 Å². The maximum atomic E-state index is 3.70. The van der Waals surface area contributed by atoms with E-state index in [-0.39, 0.29) is 0 Å². The Hall–Kier alpha value is -0.380. The molecule has 19 heavy (non-hydrogen) atoms. The Balaban J connectivity index is 2.14. The van der Waals surface area contributed by atoms with Gasteiger partial charge in [0.05, 0.1) is 0 Å². The number of hydrogen-bond donors (Lipinski definition) is 1. The van der Waals surface area contributed by atoms with Crippen molar-refractivity contribution < 1.29 is 0 Å². The van der Waals surface area contributed by atoms with Crippen LogP contribution in [-0.2, 0) is 0 Å². The summed E-state index contributed by atoms with van der Waals surface area (Å²) in [4.78, 5) is 4.27. The van der Waals surface area contributed by atoms with Gasteiger partial charge in [-0.2, -0.15) is 0 Å². The summed E-state index contributed by atoms with van der Waals surface area (Å²) in [6.45, 7) is 11.6. The topological polar surface area (TPSA) is 15.3 Å². The second-order valence-corrected chi connectivity index (χ2v) is 7.10. The molecular weight excluding hydrogens is 252 g/mol. The first-order chi connectivity index (χ1) is 9.13. The molecule has 1 aliphatic rings. The molecule has 0 aromatic carbocycles. The van der Waals surface area contributed by atoms with Gasteiger partial charge in [-0.15, -0.1) is 11.3 Å². The summed E-state index contributed by atoms with van der Waals surface area (Å²) in [6, 6.07) is 6.38. The van der Waals surface area contributed by atoms with E-state index >= 15 is 0 Å². The van der Waals surface area contributed by atoms with Crippen molar-refractivity contribution in [2.24, 2.45) is 5.92 Å². The molecule has 1 saturated heterocycles. The van der Waals surface area contributed by atoms with Crippen molar-refractivity contribution in [2.45, 2.75) is 58.7 Å². The molecule has 2 nitrogen and oxygen atoms in total. The minimum atomic E-state index is 0.614. The van der Waals surface area contributed by atoms with Gasteiger partial charge in [-0.3, -0.25) is 4.90 Å². The van der Waals surface area contributed by atoms with E-state index in [1.54, 1.807) is 0 Å². The van der Waals surface area contributed by atoms with Crippen molar-refractivity contribution in [3.05, 3.63) is 22.4 Å². The molecule has 1 fully saturated rings. The lowest BCUT2D eigenvalue weighted by molar-refractivity contribution is 0.0743. The van der Waals surface area contributed by atoms with Gasteiger partial charge in [0.15, 0.2) is 0 Å². The lowest BCUT2D eigenvalue weighted by Gasteiger charge is -2.44. The highest BCUT2D eigenvalue weighted by Gasteiger charge is 2.32. The molecule has 3 heteroatoms. The van der Waals surface area contributed by atoms with Crippen LogP contribution in [0.4, 0.5) is 0 Å². The third-order valence-corrected chi connectivity index (χ3v) is 5.26. The molecule has 108 valence electrons. The summed E-state index contributed by atoms with van der Waals surface area (Å²) < 4.78 is 0. The van der Waals surface area contributed by atoms with Crippen LogP contribution in [0.3, 0.4) is 0 Å². The first kappa shape index (κ1) is 15.0. The fraction of sp³-hybridized carbons (Fsp3) is 0.750. The Kier molecular flexibility index (Phi) is 5.43. The summed E-state index contributed by atoms with van der Waals surface area (Å²) in [5.74, 6) is 0.709. The number of nitrogens with zero attached hydrogens (tertiary/aromatic N) is 1. The largest absolute Gasteiger partial charge is 0.311 e. The second kappa shape index (κ2) is 6.87. The van der Waals surface area contributed by atoms with E-state index in [9.17, 15) is 0 Å². The number of rotatable bonds is 5. The van der Waals surface area contributed by atoms with E-state index in [0.717, 1.165) is 6.54 Å². The molecule has 1 aromatic rings. The van der Waals surface area contributed by atoms with Gasteiger partial charge in [-0.1, -0.05) is 33.3 Å². The maximum absolute atomic E-state index is 3.70. The highest BCUT2D eigenvalue weighted by atomic mass is 32.1. The van der Waals surface area contributed by atoms with Gasteiger partial charge in [0.25, 0.3) is 0 Å². The molecule has 0 saturated carbocycles. The Morgan fingerprint density at radius 1 is 1.47 bits per heavy atom. The smallest absolute Gasteiger partial charge is 0.0445 e. The van der Waals surface area contributed by atoms with Crippen LogP contribution in [-0.4, -0.2) is 30.1 Å². The van der Waals surface area contributed by atoms with Crippen LogP contribution in [0, 0.1) is 5.92 Å². The molecule has 1 N–H and O–H groups in total. The minimum absolute atomic E-state index is 0.614. The van der Waals surface area contributed by atoms with Crippen molar-refractivity contribution in [3.63, 3.8) is 0 Å². The van der Waals surface area contributed by atoms with Crippen LogP contribution in [0.2, 0.25) is 0 Å². The van der Waals surface area contributed by atoms with Gasteiger partial charge in [0.1, 0.15) is 0 Å². The lowest BCUT2D eigenvalue weighted by atomic mass is 9.96. The average Bonchev–Trinajstić information content (AvgIpc) is 2.90. The maximum Gasteiger partial charge on any atom is 0.0445 e. The fourth-order valence-corrected chi connectivity index (χ4v) is 3.90. The summed E-state index contributed by atoms with van der Waals surface area (Å²) in [5.41, 5.74) is 0. The van der Waals surface area contributed by atoms with Gasteiger partial charge in [0, 0.05) is 36.1 Å². The Labute approximate surface area is 122 Å². The Morgan fingerprint density at radius 2 is 2.26 bits per heavy atom. The number of nitrogens with one attached hydrogen (secondary N) is 1. The van der Waals surface area contributed by atoms with Gasteiger partial charge in [-0.25, -0.2) is 0 Å². The quantitative estimate of drug-likeness (QED) is 0.880. The second-order valence-electron chi connectivity index (χ2n) is 6.12. The normalized spacial score (nSPS) is 26.8. The van der Waals surface area contributed by atoms with E-state index < -0.39 is 0 Å². The van der Waals surface area contributed by atoms with Crippen molar-refractivity contribution in [1.29, 1.82) is 0 Å². The van der Waals surface area contributed by atoms with Crippen molar-refractivity contribution in [1.82, 2.24) is 10.2 Å². The van der Waals surface area contributed by atoms with Gasteiger partial charge < -0.3 is 5.32 Å². The predicted molar refractivity (Wildman–Crippen MR) is 84.8 cm³/mol. The predicted octanol–water partition coefficient (Wildman–Crippen LogP) is 3.91. The molecule has 2 rings (SSSR count). The Morgan fingerprint density at radius 3 is 2.84 bits per heavy atom. The van der Waals surface area contributed by atoms with Gasteiger partial charge >= 0.3 is 0 Å². The van der Waals surface area contributed by atoms with E-state index in [1.807, 2.05) is 11.3 Å². The first-order valence-electron chi connectivity index (χ1n) is 7.66. The summed E-state index contributed by atoms with van der Waals surface area (Å²) in [7, 11) is 0. The monoisotopic (exact) mass is 280 g/mol. The van der Waals surface area contributed by atoms with Crippen molar-refractivity contribution in [2.75, 3.05) is 13.1 Å². The van der Waals surface area contributed by atoms with E-state index in [0.29, 0.717) is 24.0 Å². The highest BCUT2D eigenvalue weighted by Crippen LogP contribution is 2.32. The van der Waals surface area contributed by atoms with Crippen molar-refractivity contribution in [3.8, 4) is 0 Å². The molecule has 0 bridgehead atoms. The van der Waals surface area contributed by atoms with Crippen LogP contribution < -0.4 is 5.32 Å². The number of hydrogen-bond acceptors (Lipinski definition) is 3. The zero-order valence-corrected chi connectivity index (χ0v) is 13.5. The molecule has 1 aliphatic heterocycles. The van der Waals surface area contributed by atoms with Crippen LogP contribution in [0.15, 0.2) is 17.5 Å². The third-order valence-electron chi connectivity index (χ3n) is 4.29. The van der Waals surface area contributed by atoms with Crippen LogP contribution >= 0.6 is 11.3 Å². The standard InChI is InChI=1S/C16H28N2S/c1-5-7-15(16-8-6-9-19-16)18-11-14(12(2)3)17-10-13(18)4/h6,8-9,12-15,17H,5,7,10-11H2,1-4H3. The molecule has 0 amide bonds. The summed E-state index contributed by atoms with van der Waals surface area (Å²) in [5, 5.41) is 5.92. The SMILES string of the molecule is CCCC(c1cccs1)N1CC(C(C)C)NCC1C.